The summed E-state index contributed by atoms with van der Waals surface area (Å²) in [6, 6.07) is 0. The zero-order valence-corrected chi connectivity index (χ0v) is 10.9. The van der Waals surface area contributed by atoms with Crippen molar-refractivity contribution in [2.24, 2.45) is 23.0 Å². The molecule has 3 fully saturated rings. The Morgan fingerprint density at radius 3 is 2.19 bits per heavy atom. The van der Waals surface area contributed by atoms with Crippen LogP contribution in [0, 0.1) is 17.3 Å². The summed E-state index contributed by atoms with van der Waals surface area (Å²) < 4.78 is 6.08. The molecule has 2 aliphatic carbocycles. The molecule has 0 bridgehead atoms. The summed E-state index contributed by atoms with van der Waals surface area (Å²) in [6.45, 7) is 8.02. The van der Waals surface area contributed by atoms with E-state index in [-0.39, 0.29) is 11.1 Å². The minimum Gasteiger partial charge on any atom is -0.373 e. The molecule has 0 amide bonds. The fourth-order valence-electron chi connectivity index (χ4n) is 4.07. The van der Waals surface area contributed by atoms with Gasteiger partial charge in [-0.25, -0.2) is 0 Å². The Labute approximate surface area is 98.9 Å². The van der Waals surface area contributed by atoms with Crippen LogP contribution in [0.1, 0.15) is 52.9 Å². The minimum atomic E-state index is 0.0653. The predicted molar refractivity (Wildman–Crippen MR) is 65.1 cm³/mol. The highest BCUT2D eigenvalue weighted by Gasteiger charge is 2.70. The summed E-state index contributed by atoms with van der Waals surface area (Å²) in [5.74, 6) is 1.53. The van der Waals surface area contributed by atoms with E-state index in [0.29, 0.717) is 11.3 Å². The van der Waals surface area contributed by atoms with Crippen molar-refractivity contribution in [3.05, 3.63) is 0 Å². The van der Waals surface area contributed by atoms with E-state index < -0.39 is 0 Å². The van der Waals surface area contributed by atoms with Crippen molar-refractivity contribution in [3.63, 3.8) is 0 Å². The van der Waals surface area contributed by atoms with Crippen molar-refractivity contribution in [1.29, 1.82) is 0 Å². The third kappa shape index (κ3) is 1.32. The van der Waals surface area contributed by atoms with Crippen molar-refractivity contribution in [3.8, 4) is 0 Å². The molecular formula is C14H25NO. The summed E-state index contributed by atoms with van der Waals surface area (Å²) in [4.78, 5) is 0. The quantitative estimate of drug-likeness (QED) is 0.685. The minimum absolute atomic E-state index is 0.0653. The average molecular weight is 223 g/mol. The molecule has 2 saturated carbocycles. The molecule has 2 unspecified atom stereocenters. The summed E-state index contributed by atoms with van der Waals surface area (Å²) in [7, 11) is 0. The van der Waals surface area contributed by atoms with Gasteiger partial charge in [0.1, 0.15) is 0 Å². The molecule has 16 heavy (non-hydrogen) atoms. The van der Waals surface area contributed by atoms with Gasteiger partial charge in [-0.3, -0.25) is 0 Å². The molecule has 0 aromatic carbocycles. The second-order valence-electron chi connectivity index (χ2n) is 7.39. The van der Waals surface area contributed by atoms with Crippen LogP contribution in [0.2, 0.25) is 0 Å². The number of nitrogens with two attached hydrogens (primary N) is 1. The lowest BCUT2D eigenvalue weighted by molar-refractivity contribution is -0.0759. The van der Waals surface area contributed by atoms with Gasteiger partial charge in [-0.15, -0.1) is 0 Å². The molecule has 92 valence electrons. The van der Waals surface area contributed by atoms with Crippen molar-refractivity contribution in [1.82, 2.24) is 0 Å². The lowest BCUT2D eigenvalue weighted by atomic mass is 9.66. The van der Waals surface area contributed by atoms with Crippen LogP contribution < -0.4 is 5.73 Å². The Morgan fingerprint density at radius 1 is 1.19 bits per heavy atom. The monoisotopic (exact) mass is 223 g/mol. The van der Waals surface area contributed by atoms with Gasteiger partial charge in [0.2, 0.25) is 0 Å². The van der Waals surface area contributed by atoms with E-state index in [0.717, 1.165) is 12.5 Å². The number of fused-ring (bicyclic) bond motifs is 2. The Hall–Kier alpha value is -0.0800. The van der Waals surface area contributed by atoms with Gasteiger partial charge < -0.3 is 10.5 Å². The average Bonchev–Trinajstić information content (AvgIpc) is 2.81. The van der Waals surface area contributed by atoms with Crippen LogP contribution in [-0.2, 0) is 4.74 Å². The smallest absolute Gasteiger partial charge is 0.0865 e. The Balaban J connectivity index is 1.71. The second-order valence-corrected chi connectivity index (χ2v) is 7.39. The number of hydrogen-bond donors (Lipinski definition) is 1. The second kappa shape index (κ2) is 3.02. The highest BCUT2D eigenvalue weighted by Crippen LogP contribution is 2.62. The van der Waals surface area contributed by atoms with Gasteiger partial charge in [0, 0.05) is 5.92 Å². The maximum absolute atomic E-state index is 6.49. The Bertz CT molecular complexity index is 296. The van der Waals surface area contributed by atoms with Gasteiger partial charge >= 0.3 is 0 Å². The number of hydrogen-bond acceptors (Lipinski definition) is 2. The number of rotatable bonds is 0. The molecular weight excluding hydrogens is 198 g/mol. The highest BCUT2D eigenvalue weighted by atomic mass is 16.5. The molecule has 2 heteroatoms. The van der Waals surface area contributed by atoms with E-state index in [9.17, 15) is 0 Å². The topological polar surface area (TPSA) is 35.2 Å². The first-order valence-electron chi connectivity index (χ1n) is 6.80. The fourth-order valence-corrected chi connectivity index (χ4v) is 4.07. The first-order valence-corrected chi connectivity index (χ1v) is 6.80. The van der Waals surface area contributed by atoms with Crippen LogP contribution in [0.4, 0.5) is 0 Å². The summed E-state index contributed by atoms with van der Waals surface area (Å²) in [5, 5.41) is 0. The Morgan fingerprint density at radius 2 is 1.81 bits per heavy atom. The largest absolute Gasteiger partial charge is 0.373 e. The van der Waals surface area contributed by atoms with Gasteiger partial charge in [-0.2, -0.15) is 0 Å². The van der Waals surface area contributed by atoms with Gasteiger partial charge in [0.05, 0.1) is 17.7 Å². The van der Waals surface area contributed by atoms with Crippen LogP contribution in [0.5, 0.6) is 0 Å². The van der Waals surface area contributed by atoms with Gasteiger partial charge in [-0.1, -0.05) is 20.8 Å². The van der Waals surface area contributed by atoms with Crippen LogP contribution in [0.3, 0.4) is 0 Å². The Kier molecular flexibility index (Phi) is 2.09. The third-order valence-corrected chi connectivity index (χ3v) is 5.58. The molecule has 2 nitrogen and oxygen atoms in total. The van der Waals surface area contributed by atoms with E-state index in [1.165, 1.54) is 32.1 Å². The van der Waals surface area contributed by atoms with Crippen molar-refractivity contribution < 1.29 is 4.74 Å². The molecule has 2 N–H and O–H groups in total. The van der Waals surface area contributed by atoms with Crippen LogP contribution in [-0.4, -0.2) is 17.7 Å². The fraction of sp³-hybridized carbons (Fsp3) is 1.00. The van der Waals surface area contributed by atoms with Crippen LogP contribution in [0.25, 0.3) is 0 Å². The van der Waals surface area contributed by atoms with E-state index in [2.05, 4.69) is 20.8 Å². The maximum Gasteiger partial charge on any atom is 0.0865 e. The highest BCUT2D eigenvalue weighted by molar-refractivity contribution is 5.24. The first kappa shape index (κ1) is 11.0. The van der Waals surface area contributed by atoms with Gasteiger partial charge in [-0.05, 0) is 43.4 Å². The molecule has 1 heterocycles. The molecule has 3 rings (SSSR count). The molecule has 0 aromatic heterocycles. The van der Waals surface area contributed by atoms with Crippen LogP contribution in [0.15, 0.2) is 0 Å². The first-order chi connectivity index (χ1) is 7.37. The van der Waals surface area contributed by atoms with Crippen molar-refractivity contribution in [2.75, 3.05) is 6.61 Å². The number of ether oxygens (including phenoxy) is 1. The zero-order valence-electron chi connectivity index (χ0n) is 10.9. The molecule has 0 radical (unpaired) electrons. The molecule has 3 aliphatic rings. The molecule has 0 aromatic rings. The SMILES string of the molecule is CC(C)(C)C1CCC2(CC1)OCC1CC12N. The predicted octanol–water partition coefficient (Wildman–Crippen LogP) is 2.71. The summed E-state index contributed by atoms with van der Waals surface area (Å²) >= 11 is 0. The van der Waals surface area contributed by atoms with Crippen LogP contribution >= 0.6 is 0 Å². The standard InChI is InChI=1S/C14H25NO/c1-12(2,3)10-4-6-13(7-5-10)14(15)8-11(14)9-16-13/h10-11H,4-9,15H2,1-3H3. The molecule has 1 spiro atoms. The van der Waals surface area contributed by atoms with E-state index in [1.807, 2.05) is 0 Å². The lowest BCUT2D eigenvalue weighted by Crippen LogP contribution is -2.52. The lowest BCUT2D eigenvalue weighted by Gasteiger charge is -2.45. The normalized spacial score (nSPS) is 51.8. The van der Waals surface area contributed by atoms with E-state index >= 15 is 0 Å². The van der Waals surface area contributed by atoms with Crippen molar-refractivity contribution in [2.45, 2.75) is 64.0 Å². The molecule has 1 saturated heterocycles. The van der Waals surface area contributed by atoms with E-state index in [4.69, 9.17) is 10.5 Å². The van der Waals surface area contributed by atoms with E-state index in [1.54, 1.807) is 0 Å². The van der Waals surface area contributed by atoms with Gasteiger partial charge in [0.15, 0.2) is 0 Å². The summed E-state index contributed by atoms with van der Waals surface area (Å²) in [5.41, 5.74) is 7.07. The molecule has 2 atom stereocenters. The molecule has 1 aliphatic heterocycles. The summed E-state index contributed by atoms with van der Waals surface area (Å²) in [6.07, 6.45) is 6.21. The third-order valence-electron chi connectivity index (χ3n) is 5.58. The zero-order chi connectivity index (χ0) is 11.6. The maximum atomic E-state index is 6.49. The van der Waals surface area contributed by atoms with Crippen molar-refractivity contribution >= 4 is 0 Å². The van der Waals surface area contributed by atoms with Gasteiger partial charge in [0.25, 0.3) is 0 Å².